The lowest BCUT2D eigenvalue weighted by Crippen LogP contribution is -2.13. The molecule has 3 heteroatoms. The summed E-state index contributed by atoms with van der Waals surface area (Å²) in [5, 5.41) is 6.24. The van der Waals surface area contributed by atoms with Gasteiger partial charge in [-0.25, -0.2) is 4.98 Å². The van der Waals surface area contributed by atoms with Crippen molar-refractivity contribution in [3.8, 4) is 12.3 Å². The molecule has 0 radical (unpaired) electrons. The molecule has 0 unspecified atom stereocenters. The molecule has 0 aliphatic heterocycles. The molecule has 0 saturated heterocycles. The third-order valence-corrected chi connectivity index (χ3v) is 2.25. The number of nitrogens with zero attached hydrogens (tertiary/aromatic N) is 1. The van der Waals surface area contributed by atoms with Gasteiger partial charge < -0.3 is 5.32 Å². The van der Waals surface area contributed by atoms with Crippen LogP contribution in [0.15, 0.2) is 5.38 Å². The molecule has 64 valence electrons. The van der Waals surface area contributed by atoms with Crippen LogP contribution in [-0.4, -0.2) is 11.5 Å². The fourth-order valence-corrected chi connectivity index (χ4v) is 1.54. The maximum absolute atomic E-state index is 5.19. The lowest BCUT2D eigenvalue weighted by Gasteiger charge is -1.96. The second-order valence-electron chi connectivity index (χ2n) is 2.45. The van der Waals surface area contributed by atoms with Gasteiger partial charge in [0, 0.05) is 11.9 Å². The quantitative estimate of drug-likeness (QED) is 0.562. The average molecular weight is 180 g/mol. The highest BCUT2D eigenvalue weighted by Crippen LogP contribution is 2.07. The van der Waals surface area contributed by atoms with Crippen molar-refractivity contribution < 1.29 is 0 Å². The molecule has 0 spiro atoms. The van der Waals surface area contributed by atoms with Gasteiger partial charge in [-0.3, -0.25) is 0 Å². The molecule has 0 bridgehead atoms. The summed E-state index contributed by atoms with van der Waals surface area (Å²) in [6.45, 7) is 4.01. The second-order valence-corrected chi connectivity index (χ2v) is 3.39. The highest BCUT2D eigenvalue weighted by atomic mass is 32.1. The van der Waals surface area contributed by atoms with Crippen LogP contribution in [0, 0.1) is 12.3 Å². The van der Waals surface area contributed by atoms with Crippen LogP contribution in [0.25, 0.3) is 0 Å². The predicted molar refractivity (Wildman–Crippen MR) is 52.0 cm³/mol. The van der Waals surface area contributed by atoms with Crippen LogP contribution in [0.4, 0.5) is 0 Å². The number of thiazole rings is 1. The third kappa shape index (κ3) is 2.65. The fourth-order valence-electron chi connectivity index (χ4n) is 0.830. The van der Waals surface area contributed by atoms with E-state index in [1.807, 2.05) is 5.38 Å². The van der Waals surface area contributed by atoms with Gasteiger partial charge in [-0.2, -0.15) is 0 Å². The van der Waals surface area contributed by atoms with Gasteiger partial charge in [0.2, 0.25) is 0 Å². The molecule has 1 N–H and O–H groups in total. The molecule has 0 atom stereocenters. The van der Waals surface area contributed by atoms with E-state index in [-0.39, 0.29) is 0 Å². The van der Waals surface area contributed by atoms with Gasteiger partial charge in [0.25, 0.3) is 0 Å². The van der Waals surface area contributed by atoms with E-state index >= 15 is 0 Å². The normalized spacial score (nSPS) is 9.67. The van der Waals surface area contributed by atoms with Gasteiger partial charge in [0.1, 0.15) is 10.7 Å². The van der Waals surface area contributed by atoms with Crippen molar-refractivity contribution in [1.82, 2.24) is 10.3 Å². The number of hydrogen-bond acceptors (Lipinski definition) is 3. The molecule has 1 aromatic heterocycles. The number of rotatable bonds is 4. The zero-order valence-electron chi connectivity index (χ0n) is 7.13. The predicted octanol–water partition coefficient (Wildman–Crippen LogP) is 1.62. The number of aromatic nitrogens is 1. The van der Waals surface area contributed by atoms with Crippen molar-refractivity contribution >= 4 is 11.3 Å². The smallest absolute Gasteiger partial charge is 0.124 e. The number of terminal acetylenes is 1. The molecule has 0 aromatic carbocycles. The first-order valence-corrected chi connectivity index (χ1v) is 4.86. The lowest BCUT2D eigenvalue weighted by molar-refractivity contribution is 0.672. The second kappa shape index (κ2) is 4.91. The van der Waals surface area contributed by atoms with Gasteiger partial charge in [-0.05, 0) is 18.9 Å². The summed E-state index contributed by atoms with van der Waals surface area (Å²) in [4.78, 5) is 4.22. The van der Waals surface area contributed by atoms with Crippen LogP contribution in [0.3, 0.4) is 0 Å². The first kappa shape index (κ1) is 9.24. The molecule has 0 amide bonds. The SMILES string of the molecule is C#Cc1csc(CNCCC)n1. The van der Waals surface area contributed by atoms with Crippen molar-refractivity contribution in [2.75, 3.05) is 6.54 Å². The lowest BCUT2D eigenvalue weighted by atomic mass is 10.5. The summed E-state index contributed by atoms with van der Waals surface area (Å²) in [7, 11) is 0. The molecule has 0 saturated carbocycles. The van der Waals surface area contributed by atoms with Gasteiger partial charge in [0.15, 0.2) is 0 Å². The van der Waals surface area contributed by atoms with Gasteiger partial charge in [-0.1, -0.05) is 6.92 Å². The summed E-state index contributed by atoms with van der Waals surface area (Å²) in [6, 6.07) is 0. The van der Waals surface area contributed by atoms with Gasteiger partial charge >= 0.3 is 0 Å². The topological polar surface area (TPSA) is 24.9 Å². The Kier molecular flexibility index (Phi) is 3.78. The van der Waals surface area contributed by atoms with Crippen molar-refractivity contribution in [3.63, 3.8) is 0 Å². The van der Waals surface area contributed by atoms with Crippen molar-refractivity contribution in [2.24, 2.45) is 0 Å². The Morgan fingerprint density at radius 3 is 3.17 bits per heavy atom. The minimum Gasteiger partial charge on any atom is -0.310 e. The molecular weight excluding hydrogens is 168 g/mol. The van der Waals surface area contributed by atoms with E-state index in [1.54, 1.807) is 11.3 Å². The molecule has 0 aliphatic rings. The monoisotopic (exact) mass is 180 g/mol. The van der Waals surface area contributed by atoms with Crippen LogP contribution in [-0.2, 0) is 6.54 Å². The summed E-state index contributed by atoms with van der Waals surface area (Å²) < 4.78 is 0. The maximum atomic E-state index is 5.19. The van der Waals surface area contributed by atoms with E-state index in [4.69, 9.17) is 6.42 Å². The van der Waals surface area contributed by atoms with Crippen molar-refractivity contribution in [3.05, 3.63) is 16.1 Å². The van der Waals surface area contributed by atoms with E-state index in [0.717, 1.165) is 30.2 Å². The van der Waals surface area contributed by atoms with E-state index in [1.165, 1.54) is 0 Å². The van der Waals surface area contributed by atoms with E-state index in [2.05, 4.69) is 23.1 Å². The largest absolute Gasteiger partial charge is 0.310 e. The summed E-state index contributed by atoms with van der Waals surface area (Å²) >= 11 is 1.61. The van der Waals surface area contributed by atoms with E-state index in [9.17, 15) is 0 Å². The highest BCUT2D eigenvalue weighted by molar-refractivity contribution is 7.09. The van der Waals surface area contributed by atoms with Gasteiger partial charge in [0.05, 0.1) is 0 Å². The molecule has 12 heavy (non-hydrogen) atoms. The Balaban J connectivity index is 2.38. The van der Waals surface area contributed by atoms with Crippen LogP contribution in [0.5, 0.6) is 0 Å². The molecule has 1 rings (SSSR count). The third-order valence-electron chi connectivity index (χ3n) is 1.40. The fraction of sp³-hybridized carbons (Fsp3) is 0.444. The van der Waals surface area contributed by atoms with Crippen molar-refractivity contribution in [2.45, 2.75) is 19.9 Å². The zero-order valence-corrected chi connectivity index (χ0v) is 7.95. The Labute approximate surface area is 77.0 Å². The number of nitrogens with one attached hydrogen (secondary N) is 1. The molecule has 0 aliphatic carbocycles. The summed E-state index contributed by atoms with van der Waals surface area (Å²) in [6.07, 6.45) is 6.34. The molecular formula is C9H12N2S. The number of hydrogen-bond donors (Lipinski definition) is 1. The minimum atomic E-state index is 0.744. The van der Waals surface area contributed by atoms with Crippen molar-refractivity contribution in [1.29, 1.82) is 0 Å². The molecule has 0 fully saturated rings. The van der Waals surface area contributed by atoms with Crippen LogP contribution < -0.4 is 5.32 Å². The van der Waals surface area contributed by atoms with Crippen LogP contribution >= 0.6 is 11.3 Å². The first-order chi connectivity index (χ1) is 5.86. The summed E-state index contributed by atoms with van der Waals surface area (Å²) in [5.41, 5.74) is 0.744. The maximum Gasteiger partial charge on any atom is 0.124 e. The minimum absolute atomic E-state index is 0.744. The van der Waals surface area contributed by atoms with E-state index in [0.29, 0.717) is 0 Å². The Bertz CT molecular complexity index is 272. The zero-order chi connectivity index (χ0) is 8.81. The Hall–Kier alpha value is -0.850. The standard InChI is InChI=1S/C9H12N2S/c1-3-5-10-6-9-11-8(4-2)7-12-9/h2,7,10H,3,5-6H2,1H3. The Morgan fingerprint density at radius 1 is 1.75 bits per heavy atom. The van der Waals surface area contributed by atoms with Crippen LogP contribution in [0.2, 0.25) is 0 Å². The summed E-state index contributed by atoms with van der Waals surface area (Å²) in [5.74, 6) is 2.51. The van der Waals surface area contributed by atoms with Gasteiger partial charge in [-0.15, -0.1) is 17.8 Å². The highest BCUT2D eigenvalue weighted by Gasteiger charge is 1.97. The van der Waals surface area contributed by atoms with Crippen LogP contribution in [0.1, 0.15) is 24.0 Å². The molecule has 1 aromatic rings. The first-order valence-electron chi connectivity index (χ1n) is 3.98. The molecule has 2 nitrogen and oxygen atoms in total. The molecule has 1 heterocycles. The average Bonchev–Trinajstić information content (AvgIpc) is 2.53. The van der Waals surface area contributed by atoms with E-state index < -0.39 is 0 Å². The Morgan fingerprint density at radius 2 is 2.58 bits per heavy atom.